The molecule has 0 atom stereocenters. The van der Waals surface area contributed by atoms with Gasteiger partial charge in [-0.15, -0.1) is 0 Å². The third kappa shape index (κ3) is 3.17. The van der Waals surface area contributed by atoms with Crippen molar-refractivity contribution in [3.8, 4) is 0 Å². The van der Waals surface area contributed by atoms with Crippen molar-refractivity contribution in [2.45, 2.75) is 44.8 Å². The normalized spacial score (nSPS) is 16.5. The molecule has 2 heteroatoms. The lowest BCUT2D eigenvalue weighted by molar-refractivity contribution is -0.107. The van der Waals surface area contributed by atoms with Gasteiger partial charge in [-0.25, -0.2) is 0 Å². The molecule has 1 aliphatic rings. The zero-order valence-corrected chi connectivity index (χ0v) is 9.52. The predicted octanol–water partition coefficient (Wildman–Crippen LogP) is 2.89. The third-order valence-electron chi connectivity index (χ3n) is 3.10. The van der Waals surface area contributed by atoms with Crippen LogP contribution in [0.5, 0.6) is 0 Å². The van der Waals surface area contributed by atoms with E-state index in [1.165, 1.54) is 31.2 Å². The number of hydrogen-bond donors (Lipinski definition) is 0. The second-order valence-corrected chi connectivity index (χ2v) is 4.41. The molecule has 0 unspecified atom stereocenters. The molecular weight excluding hydrogens is 200 g/mol. The summed E-state index contributed by atoms with van der Waals surface area (Å²) in [5.41, 5.74) is 2.24. The Kier molecular flexibility index (Phi) is 4.11. The summed E-state index contributed by atoms with van der Waals surface area (Å²) in [6.07, 6.45) is 6.90. The Morgan fingerprint density at radius 3 is 2.75 bits per heavy atom. The highest BCUT2D eigenvalue weighted by Crippen LogP contribution is 2.22. The number of carbonyl (C=O) groups is 1. The Hall–Kier alpha value is -1.15. The average Bonchev–Trinajstić information content (AvgIpc) is 2.80. The second kappa shape index (κ2) is 5.80. The van der Waals surface area contributed by atoms with Gasteiger partial charge in [-0.1, -0.05) is 37.1 Å². The second-order valence-electron chi connectivity index (χ2n) is 4.41. The van der Waals surface area contributed by atoms with E-state index >= 15 is 0 Å². The van der Waals surface area contributed by atoms with Gasteiger partial charge in [0.15, 0.2) is 0 Å². The summed E-state index contributed by atoms with van der Waals surface area (Å²) in [5, 5.41) is 0. The highest BCUT2D eigenvalue weighted by Gasteiger charge is 2.14. The summed E-state index contributed by atoms with van der Waals surface area (Å²) in [6, 6.07) is 8.09. The van der Waals surface area contributed by atoms with E-state index in [9.17, 15) is 4.79 Å². The first kappa shape index (κ1) is 11.3. The van der Waals surface area contributed by atoms with Crippen molar-refractivity contribution in [3.05, 3.63) is 35.4 Å². The van der Waals surface area contributed by atoms with E-state index < -0.39 is 0 Å². The minimum absolute atomic E-state index is 0.453. The van der Waals surface area contributed by atoms with Crippen LogP contribution in [0.4, 0.5) is 0 Å². The van der Waals surface area contributed by atoms with Crippen LogP contribution in [0.3, 0.4) is 0 Å². The van der Waals surface area contributed by atoms with Gasteiger partial charge in [0.25, 0.3) is 0 Å². The molecule has 0 saturated heterocycles. The van der Waals surface area contributed by atoms with E-state index in [2.05, 4.69) is 12.1 Å². The molecule has 0 N–H and O–H groups in total. The van der Waals surface area contributed by atoms with Gasteiger partial charge >= 0.3 is 0 Å². The average molecular weight is 218 g/mol. The molecular formula is C14H18O2. The van der Waals surface area contributed by atoms with Crippen LogP contribution in [-0.2, 0) is 22.6 Å². The SMILES string of the molecule is O=CCc1cccc(COC2CCCC2)c1. The summed E-state index contributed by atoms with van der Waals surface area (Å²) >= 11 is 0. The molecule has 0 amide bonds. The Labute approximate surface area is 96.6 Å². The lowest BCUT2D eigenvalue weighted by atomic mass is 10.1. The fraction of sp³-hybridized carbons (Fsp3) is 0.500. The molecule has 0 spiro atoms. The van der Waals surface area contributed by atoms with Crippen LogP contribution in [0.2, 0.25) is 0 Å². The minimum Gasteiger partial charge on any atom is -0.374 e. The van der Waals surface area contributed by atoms with Gasteiger partial charge in [0.2, 0.25) is 0 Å². The lowest BCUT2D eigenvalue weighted by Gasteiger charge is -2.11. The topological polar surface area (TPSA) is 26.3 Å². The van der Waals surface area contributed by atoms with E-state index in [4.69, 9.17) is 4.74 Å². The molecule has 1 fully saturated rings. The van der Waals surface area contributed by atoms with E-state index in [1.807, 2.05) is 12.1 Å². The molecule has 0 heterocycles. The Morgan fingerprint density at radius 1 is 1.25 bits per heavy atom. The molecule has 1 aromatic rings. The van der Waals surface area contributed by atoms with Crippen molar-refractivity contribution < 1.29 is 9.53 Å². The highest BCUT2D eigenvalue weighted by atomic mass is 16.5. The van der Waals surface area contributed by atoms with E-state index in [0.717, 1.165) is 11.8 Å². The van der Waals surface area contributed by atoms with Gasteiger partial charge in [0.05, 0.1) is 12.7 Å². The van der Waals surface area contributed by atoms with Crippen LogP contribution < -0.4 is 0 Å². The van der Waals surface area contributed by atoms with Crippen molar-refractivity contribution in [3.63, 3.8) is 0 Å². The minimum atomic E-state index is 0.453. The number of benzene rings is 1. The van der Waals surface area contributed by atoms with Crippen LogP contribution in [0.1, 0.15) is 36.8 Å². The fourth-order valence-electron chi connectivity index (χ4n) is 2.21. The summed E-state index contributed by atoms with van der Waals surface area (Å²) in [4.78, 5) is 10.4. The van der Waals surface area contributed by atoms with E-state index in [-0.39, 0.29) is 0 Å². The maximum absolute atomic E-state index is 10.4. The number of aldehydes is 1. The first-order chi connectivity index (χ1) is 7.88. The molecule has 0 bridgehead atoms. The maximum atomic E-state index is 10.4. The van der Waals surface area contributed by atoms with Crippen LogP contribution >= 0.6 is 0 Å². The summed E-state index contributed by atoms with van der Waals surface area (Å²) in [5.74, 6) is 0. The lowest BCUT2D eigenvalue weighted by Crippen LogP contribution is -2.07. The molecule has 0 aliphatic heterocycles. The van der Waals surface area contributed by atoms with Crippen molar-refractivity contribution >= 4 is 6.29 Å². The van der Waals surface area contributed by atoms with Crippen molar-refractivity contribution in [2.24, 2.45) is 0 Å². The number of hydrogen-bond acceptors (Lipinski definition) is 2. The van der Waals surface area contributed by atoms with Gasteiger partial charge < -0.3 is 9.53 Å². The highest BCUT2D eigenvalue weighted by molar-refractivity contribution is 5.55. The number of rotatable bonds is 5. The quantitative estimate of drug-likeness (QED) is 0.710. The van der Waals surface area contributed by atoms with Crippen molar-refractivity contribution in [2.75, 3.05) is 0 Å². The van der Waals surface area contributed by atoms with Gasteiger partial charge in [-0.3, -0.25) is 0 Å². The smallest absolute Gasteiger partial charge is 0.124 e. The fourth-order valence-corrected chi connectivity index (χ4v) is 2.21. The molecule has 1 aromatic carbocycles. The van der Waals surface area contributed by atoms with Crippen LogP contribution in [0.25, 0.3) is 0 Å². The van der Waals surface area contributed by atoms with E-state index in [1.54, 1.807) is 0 Å². The summed E-state index contributed by atoms with van der Waals surface area (Å²) in [7, 11) is 0. The number of ether oxygens (including phenoxy) is 1. The van der Waals surface area contributed by atoms with Crippen LogP contribution in [-0.4, -0.2) is 12.4 Å². The molecule has 16 heavy (non-hydrogen) atoms. The zero-order chi connectivity index (χ0) is 11.2. The maximum Gasteiger partial charge on any atom is 0.124 e. The van der Waals surface area contributed by atoms with Gasteiger partial charge in [-0.05, 0) is 24.0 Å². The summed E-state index contributed by atoms with van der Waals surface area (Å²) < 4.78 is 5.83. The molecule has 1 aliphatic carbocycles. The van der Waals surface area contributed by atoms with E-state index in [0.29, 0.717) is 19.1 Å². The first-order valence-electron chi connectivity index (χ1n) is 6.01. The molecule has 2 rings (SSSR count). The van der Waals surface area contributed by atoms with Crippen molar-refractivity contribution in [1.82, 2.24) is 0 Å². The van der Waals surface area contributed by atoms with Crippen LogP contribution in [0, 0.1) is 0 Å². The molecule has 0 aromatic heterocycles. The standard InChI is InChI=1S/C14H18O2/c15-9-8-12-4-3-5-13(10-12)11-16-14-6-1-2-7-14/h3-5,9-10,14H,1-2,6-8,11H2. The predicted molar refractivity (Wildman–Crippen MR) is 63.3 cm³/mol. The van der Waals surface area contributed by atoms with Gasteiger partial charge in [-0.2, -0.15) is 0 Å². The largest absolute Gasteiger partial charge is 0.374 e. The van der Waals surface area contributed by atoms with Crippen LogP contribution in [0.15, 0.2) is 24.3 Å². The monoisotopic (exact) mass is 218 g/mol. The van der Waals surface area contributed by atoms with Crippen molar-refractivity contribution in [1.29, 1.82) is 0 Å². The Balaban J connectivity index is 1.87. The molecule has 2 nitrogen and oxygen atoms in total. The van der Waals surface area contributed by atoms with Gasteiger partial charge in [0.1, 0.15) is 6.29 Å². The zero-order valence-electron chi connectivity index (χ0n) is 9.52. The number of carbonyl (C=O) groups excluding carboxylic acids is 1. The summed E-state index contributed by atoms with van der Waals surface area (Å²) in [6.45, 7) is 0.678. The Bertz CT molecular complexity index is 340. The Morgan fingerprint density at radius 2 is 2.00 bits per heavy atom. The molecule has 86 valence electrons. The first-order valence-corrected chi connectivity index (χ1v) is 6.01. The molecule has 1 saturated carbocycles. The molecule has 0 radical (unpaired) electrons. The third-order valence-corrected chi connectivity index (χ3v) is 3.10. The van der Waals surface area contributed by atoms with Gasteiger partial charge in [0, 0.05) is 6.42 Å².